The van der Waals surface area contributed by atoms with Gasteiger partial charge in [0, 0.05) is 33.4 Å². The molecule has 2 rings (SSSR count). The highest BCUT2D eigenvalue weighted by atomic mass is 16.5. The van der Waals surface area contributed by atoms with Crippen LogP contribution in [-0.4, -0.2) is 45.9 Å². The topological polar surface area (TPSA) is 54.9 Å². The van der Waals surface area contributed by atoms with Crippen molar-refractivity contribution in [2.75, 3.05) is 40.0 Å². The molecular weight excluding hydrogens is 290 g/mol. The summed E-state index contributed by atoms with van der Waals surface area (Å²) in [6, 6.07) is 10.2. The van der Waals surface area contributed by atoms with Crippen molar-refractivity contribution in [2.24, 2.45) is 10.9 Å². The average Bonchev–Trinajstić information content (AvgIpc) is 3.41. The van der Waals surface area contributed by atoms with Crippen LogP contribution >= 0.6 is 0 Å². The third-order valence-corrected chi connectivity index (χ3v) is 3.68. The van der Waals surface area contributed by atoms with Crippen LogP contribution in [0, 0.1) is 5.92 Å². The van der Waals surface area contributed by atoms with Gasteiger partial charge in [-0.25, -0.2) is 0 Å². The maximum absolute atomic E-state index is 5.64. The summed E-state index contributed by atoms with van der Waals surface area (Å²) < 4.78 is 11.2. The van der Waals surface area contributed by atoms with Gasteiger partial charge in [0.05, 0.1) is 13.2 Å². The normalized spacial score (nSPS) is 14.7. The van der Waals surface area contributed by atoms with E-state index < -0.39 is 0 Å². The van der Waals surface area contributed by atoms with E-state index in [9.17, 15) is 0 Å². The number of rotatable bonds is 11. The van der Waals surface area contributed by atoms with Crippen molar-refractivity contribution in [3.05, 3.63) is 35.9 Å². The summed E-state index contributed by atoms with van der Waals surface area (Å²) in [6.07, 6.45) is 3.69. The molecule has 0 aromatic heterocycles. The predicted molar refractivity (Wildman–Crippen MR) is 93.6 cm³/mol. The van der Waals surface area contributed by atoms with Crippen molar-refractivity contribution in [2.45, 2.75) is 25.9 Å². The number of ether oxygens (including phenoxy) is 2. The Bertz CT molecular complexity index is 447. The zero-order valence-electron chi connectivity index (χ0n) is 14.1. The minimum Gasteiger partial charge on any atom is -0.381 e. The van der Waals surface area contributed by atoms with Crippen LogP contribution in [0.4, 0.5) is 0 Å². The lowest BCUT2D eigenvalue weighted by Gasteiger charge is -2.12. The van der Waals surface area contributed by atoms with Gasteiger partial charge in [-0.3, -0.25) is 4.99 Å². The smallest absolute Gasteiger partial charge is 0.191 e. The molecule has 0 radical (unpaired) electrons. The van der Waals surface area contributed by atoms with Gasteiger partial charge in [0.25, 0.3) is 0 Å². The maximum atomic E-state index is 5.64. The quantitative estimate of drug-likeness (QED) is 0.373. The second kappa shape index (κ2) is 11.0. The predicted octanol–water partition coefficient (Wildman–Crippen LogP) is 2.18. The lowest BCUT2D eigenvalue weighted by molar-refractivity contribution is 0.122. The van der Waals surface area contributed by atoms with E-state index in [1.54, 1.807) is 7.05 Å². The molecule has 1 aliphatic rings. The van der Waals surface area contributed by atoms with Gasteiger partial charge in [-0.15, -0.1) is 0 Å². The van der Waals surface area contributed by atoms with Crippen LogP contribution in [0.5, 0.6) is 0 Å². The van der Waals surface area contributed by atoms with Crippen LogP contribution in [-0.2, 0) is 16.1 Å². The van der Waals surface area contributed by atoms with Gasteiger partial charge in [0.2, 0.25) is 0 Å². The first-order valence-electron chi connectivity index (χ1n) is 8.52. The number of benzene rings is 1. The highest BCUT2D eigenvalue weighted by molar-refractivity contribution is 5.79. The molecule has 0 heterocycles. The second-order valence-electron chi connectivity index (χ2n) is 5.84. The molecule has 128 valence electrons. The van der Waals surface area contributed by atoms with Gasteiger partial charge in [-0.2, -0.15) is 0 Å². The zero-order chi connectivity index (χ0) is 16.2. The number of nitrogens with one attached hydrogen (secondary N) is 2. The van der Waals surface area contributed by atoms with Gasteiger partial charge >= 0.3 is 0 Å². The van der Waals surface area contributed by atoms with Crippen LogP contribution in [0.25, 0.3) is 0 Å². The van der Waals surface area contributed by atoms with Gasteiger partial charge in [0.1, 0.15) is 0 Å². The maximum Gasteiger partial charge on any atom is 0.191 e. The van der Waals surface area contributed by atoms with Crippen LogP contribution < -0.4 is 10.6 Å². The van der Waals surface area contributed by atoms with Gasteiger partial charge in [0.15, 0.2) is 5.96 Å². The molecule has 5 nitrogen and oxygen atoms in total. The molecule has 5 heteroatoms. The monoisotopic (exact) mass is 319 g/mol. The van der Waals surface area contributed by atoms with Gasteiger partial charge in [-0.05, 0) is 30.7 Å². The molecule has 0 atom stereocenters. The summed E-state index contributed by atoms with van der Waals surface area (Å²) in [4.78, 5) is 4.20. The molecular formula is C18H29N3O2. The Morgan fingerprint density at radius 1 is 1.09 bits per heavy atom. The average molecular weight is 319 g/mol. The van der Waals surface area contributed by atoms with Crippen LogP contribution in [0.1, 0.15) is 24.8 Å². The van der Waals surface area contributed by atoms with Crippen molar-refractivity contribution in [1.82, 2.24) is 10.6 Å². The number of nitrogens with zero attached hydrogens (tertiary/aromatic N) is 1. The molecule has 1 aromatic carbocycles. The van der Waals surface area contributed by atoms with Crippen molar-refractivity contribution in [3.63, 3.8) is 0 Å². The lowest BCUT2D eigenvalue weighted by atomic mass is 10.2. The summed E-state index contributed by atoms with van der Waals surface area (Å²) in [6.45, 7) is 4.67. The Kier molecular flexibility index (Phi) is 8.51. The van der Waals surface area contributed by atoms with Gasteiger partial charge in [-0.1, -0.05) is 30.3 Å². The van der Waals surface area contributed by atoms with E-state index in [-0.39, 0.29) is 0 Å². The number of aliphatic imine (C=N–C) groups is 1. The minimum absolute atomic E-state index is 0.646. The molecule has 0 aliphatic heterocycles. The first-order valence-corrected chi connectivity index (χ1v) is 8.52. The molecule has 0 saturated heterocycles. The molecule has 0 spiro atoms. The molecule has 0 unspecified atom stereocenters. The standard InChI is InChI=1S/C18H29N3O2/c1-19-18(20-10-5-12-22-15-17-8-9-17)21-11-13-23-14-16-6-3-2-4-7-16/h2-4,6-7,17H,5,8-15H2,1H3,(H2,19,20,21). The van der Waals surface area contributed by atoms with Crippen LogP contribution in [0.3, 0.4) is 0 Å². The fourth-order valence-electron chi connectivity index (χ4n) is 2.14. The Morgan fingerprint density at radius 2 is 1.87 bits per heavy atom. The van der Waals surface area contributed by atoms with Crippen LogP contribution in [0.15, 0.2) is 35.3 Å². The summed E-state index contributed by atoms with van der Waals surface area (Å²) in [5, 5.41) is 6.53. The van der Waals surface area contributed by atoms with E-state index in [0.29, 0.717) is 13.2 Å². The van der Waals surface area contributed by atoms with Crippen molar-refractivity contribution in [1.29, 1.82) is 0 Å². The third-order valence-electron chi connectivity index (χ3n) is 3.68. The van der Waals surface area contributed by atoms with E-state index in [1.807, 2.05) is 18.2 Å². The van der Waals surface area contributed by atoms with E-state index in [4.69, 9.17) is 9.47 Å². The van der Waals surface area contributed by atoms with E-state index in [1.165, 1.54) is 18.4 Å². The SMILES string of the molecule is CN=C(NCCCOCC1CC1)NCCOCc1ccccc1. The summed E-state index contributed by atoms with van der Waals surface area (Å²) in [5.74, 6) is 1.66. The third kappa shape index (κ3) is 8.57. The molecule has 1 fully saturated rings. The molecule has 23 heavy (non-hydrogen) atoms. The lowest BCUT2D eigenvalue weighted by Crippen LogP contribution is -2.39. The highest BCUT2D eigenvalue weighted by Gasteiger charge is 2.20. The Hall–Kier alpha value is -1.59. The van der Waals surface area contributed by atoms with Crippen LogP contribution in [0.2, 0.25) is 0 Å². The highest BCUT2D eigenvalue weighted by Crippen LogP contribution is 2.28. The number of guanidine groups is 1. The van der Waals surface area contributed by atoms with Crippen molar-refractivity contribution in [3.8, 4) is 0 Å². The fraction of sp³-hybridized carbons (Fsp3) is 0.611. The number of hydrogen-bond acceptors (Lipinski definition) is 3. The number of hydrogen-bond donors (Lipinski definition) is 2. The second-order valence-corrected chi connectivity index (χ2v) is 5.84. The Labute approximate surface area is 139 Å². The Balaban J connectivity index is 1.42. The van der Waals surface area contributed by atoms with E-state index in [2.05, 4.69) is 27.8 Å². The van der Waals surface area contributed by atoms with E-state index in [0.717, 1.165) is 44.6 Å². The summed E-state index contributed by atoms with van der Waals surface area (Å²) in [7, 11) is 1.78. The largest absolute Gasteiger partial charge is 0.381 e. The van der Waals surface area contributed by atoms with Gasteiger partial charge < -0.3 is 20.1 Å². The molecule has 1 aromatic rings. The summed E-state index contributed by atoms with van der Waals surface area (Å²) in [5.41, 5.74) is 1.20. The Morgan fingerprint density at radius 3 is 2.61 bits per heavy atom. The first-order chi connectivity index (χ1) is 11.4. The van der Waals surface area contributed by atoms with E-state index >= 15 is 0 Å². The molecule has 1 aliphatic carbocycles. The first kappa shape index (κ1) is 17.8. The molecule has 0 bridgehead atoms. The van der Waals surface area contributed by atoms with Crippen molar-refractivity contribution < 1.29 is 9.47 Å². The molecule has 1 saturated carbocycles. The zero-order valence-corrected chi connectivity index (χ0v) is 14.1. The fourth-order valence-corrected chi connectivity index (χ4v) is 2.14. The van der Waals surface area contributed by atoms with Crippen molar-refractivity contribution >= 4 is 5.96 Å². The summed E-state index contributed by atoms with van der Waals surface area (Å²) >= 11 is 0. The minimum atomic E-state index is 0.646. The molecule has 0 amide bonds. The molecule has 2 N–H and O–H groups in total.